The van der Waals surface area contributed by atoms with Crippen molar-refractivity contribution in [1.29, 1.82) is 0 Å². The monoisotopic (exact) mass is 546 g/mol. The minimum atomic E-state index is -0.387. The van der Waals surface area contributed by atoms with Crippen LogP contribution in [0.1, 0.15) is 94.9 Å². The van der Waals surface area contributed by atoms with Crippen LogP contribution < -0.4 is 0 Å². The summed E-state index contributed by atoms with van der Waals surface area (Å²) in [7, 11) is 0. The first-order chi connectivity index (χ1) is 16.6. The largest absolute Gasteiger partial charge is 0.444 e. The third-order valence-electron chi connectivity index (χ3n) is 5.86. The van der Waals surface area contributed by atoms with Gasteiger partial charge in [0, 0.05) is 26.2 Å². The number of piperidine rings is 2. The van der Waals surface area contributed by atoms with Crippen LogP contribution in [0.5, 0.6) is 0 Å². The second-order valence-electron chi connectivity index (χ2n) is 12.6. The van der Waals surface area contributed by atoms with Gasteiger partial charge in [0.25, 0.3) is 0 Å². The standard InChI is InChI=1S/2C14H27NO2S/c2*1-11(2)18-10-12-6-8-15(9-7-12)13(16)17-14(3,4)5/h2*11-12H,6-10H2,1-5H3. The van der Waals surface area contributed by atoms with Crippen molar-refractivity contribution in [1.82, 2.24) is 9.80 Å². The Morgan fingerprint density at radius 2 is 0.944 bits per heavy atom. The molecule has 0 aromatic rings. The molecular weight excluding hydrogens is 492 g/mol. The quantitative estimate of drug-likeness (QED) is 0.343. The Bertz CT molecular complexity index is 587. The van der Waals surface area contributed by atoms with E-state index in [4.69, 9.17) is 9.47 Å². The lowest BCUT2D eigenvalue weighted by molar-refractivity contribution is 0.0180. The van der Waals surface area contributed by atoms with Gasteiger partial charge < -0.3 is 19.3 Å². The molecular formula is C28H54N2O4S2. The van der Waals surface area contributed by atoms with Crippen molar-refractivity contribution in [3.63, 3.8) is 0 Å². The van der Waals surface area contributed by atoms with Crippen LogP contribution in [0.4, 0.5) is 9.59 Å². The summed E-state index contributed by atoms with van der Waals surface area (Å²) in [5.41, 5.74) is -0.775. The van der Waals surface area contributed by atoms with Crippen molar-refractivity contribution >= 4 is 35.7 Å². The maximum Gasteiger partial charge on any atom is 0.410 e. The van der Waals surface area contributed by atoms with E-state index < -0.39 is 0 Å². The molecule has 2 aliphatic heterocycles. The van der Waals surface area contributed by atoms with Crippen molar-refractivity contribution in [2.45, 2.75) is 117 Å². The smallest absolute Gasteiger partial charge is 0.410 e. The van der Waals surface area contributed by atoms with E-state index in [0.29, 0.717) is 10.5 Å². The highest BCUT2D eigenvalue weighted by Crippen LogP contribution is 2.26. The third-order valence-corrected chi connectivity index (χ3v) is 8.52. The molecule has 0 bridgehead atoms. The lowest BCUT2D eigenvalue weighted by atomic mass is 9.99. The highest BCUT2D eigenvalue weighted by atomic mass is 32.2. The highest BCUT2D eigenvalue weighted by Gasteiger charge is 2.28. The second-order valence-corrected chi connectivity index (χ2v) is 15.8. The maximum atomic E-state index is 11.9. The Hall–Kier alpha value is -0.760. The summed E-state index contributed by atoms with van der Waals surface area (Å²) in [5, 5.41) is 1.41. The predicted octanol–water partition coefficient (Wildman–Crippen LogP) is 7.55. The van der Waals surface area contributed by atoms with Gasteiger partial charge in [-0.05, 0) is 101 Å². The summed E-state index contributed by atoms with van der Waals surface area (Å²) in [6.07, 6.45) is 4.13. The summed E-state index contributed by atoms with van der Waals surface area (Å²) in [6.45, 7) is 23.8. The fourth-order valence-corrected chi connectivity index (χ4v) is 5.86. The molecule has 0 aliphatic carbocycles. The molecule has 0 saturated carbocycles. The Labute approximate surface area is 230 Å². The van der Waals surface area contributed by atoms with Gasteiger partial charge in [-0.1, -0.05) is 27.7 Å². The first-order valence-electron chi connectivity index (χ1n) is 13.7. The molecule has 2 fully saturated rings. The molecule has 212 valence electrons. The number of rotatable bonds is 6. The van der Waals surface area contributed by atoms with Gasteiger partial charge >= 0.3 is 12.2 Å². The van der Waals surface area contributed by atoms with E-state index in [2.05, 4.69) is 27.7 Å². The summed E-state index contributed by atoms with van der Waals surface area (Å²) in [5.74, 6) is 3.96. The van der Waals surface area contributed by atoms with Crippen molar-refractivity contribution in [2.24, 2.45) is 11.8 Å². The van der Waals surface area contributed by atoms with Crippen LogP contribution >= 0.6 is 23.5 Å². The molecule has 0 N–H and O–H groups in total. The average molecular weight is 547 g/mol. The number of hydrogen-bond acceptors (Lipinski definition) is 6. The molecule has 0 radical (unpaired) electrons. The lowest BCUT2D eigenvalue weighted by Gasteiger charge is -2.33. The van der Waals surface area contributed by atoms with E-state index in [1.165, 1.54) is 11.5 Å². The van der Waals surface area contributed by atoms with Crippen LogP contribution in [0.15, 0.2) is 0 Å². The zero-order valence-electron chi connectivity index (χ0n) is 24.7. The van der Waals surface area contributed by atoms with Gasteiger partial charge in [-0.2, -0.15) is 23.5 Å². The molecule has 6 nitrogen and oxygen atoms in total. The number of likely N-dealkylation sites (tertiary alicyclic amines) is 2. The predicted molar refractivity (Wildman–Crippen MR) is 156 cm³/mol. The summed E-state index contributed by atoms with van der Waals surface area (Å²) in [6, 6.07) is 0. The van der Waals surface area contributed by atoms with Gasteiger partial charge in [0.2, 0.25) is 0 Å². The first kappa shape index (κ1) is 33.3. The van der Waals surface area contributed by atoms with E-state index in [-0.39, 0.29) is 23.4 Å². The van der Waals surface area contributed by atoms with Crippen molar-refractivity contribution < 1.29 is 19.1 Å². The lowest BCUT2D eigenvalue weighted by Crippen LogP contribution is -2.42. The minimum absolute atomic E-state index is 0.155. The Morgan fingerprint density at radius 1 is 0.667 bits per heavy atom. The molecule has 8 heteroatoms. The molecule has 0 aromatic heterocycles. The van der Waals surface area contributed by atoms with Crippen LogP contribution in [0, 0.1) is 11.8 Å². The molecule has 36 heavy (non-hydrogen) atoms. The number of carbonyl (C=O) groups is 2. The molecule has 0 aromatic carbocycles. The van der Waals surface area contributed by atoms with Gasteiger partial charge in [-0.25, -0.2) is 9.59 Å². The van der Waals surface area contributed by atoms with Gasteiger partial charge in [0.05, 0.1) is 0 Å². The van der Waals surface area contributed by atoms with E-state index in [0.717, 1.165) is 63.7 Å². The number of ether oxygens (including phenoxy) is 2. The van der Waals surface area contributed by atoms with E-state index in [1.54, 1.807) is 0 Å². The number of amides is 2. The highest BCUT2D eigenvalue weighted by molar-refractivity contribution is 8.00. The second kappa shape index (κ2) is 15.6. The van der Waals surface area contributed by atoms with Crippen LogP contribution in [-0.2, 0) is 9.47 Å². The molecule has 2 amide bonds. The summed E-state index contributed by atoms with van der Waals surface area (Å²) >= 11 is 4.05. The van der Waals surface area contributed by atoms with Gasteiger partial charge in [-0.3, -0.25) is 0 Å². The van der Waals surface area contributed by atoms with Crippen LogP contribution in [0.3, 0.4) is 0 Å². The van der Waals surface area contributed by atoms with E-state index in [1.807, 2.05) is 74.9 Å². The van der Waals surface area contributed by atoms with Crippen LogP contribution in [0.2, 0.25) is 0 Å². The van der Waals surface area contributed by atoms with Crippen molar-refractivity contribution in [2.75, 3.05) is 37.7 Å². The Balaban J connectivity index is 0.000000360. The summed E-state index contributed by atoms with van der Waals surface area (Å²) in [4.78, 5) is 27.5. The van der Waals surface area contributed by atoms with Crippen LogP contribution in [0.25, 0.3) is 0 Å². The molecule has 2 rings (SSSR count). The minimum Gasteiger partial charge on any atom is -0.444 e. The fourth-order valence-electron chi connectivity index (χ4n) is 3.87. The van der Waals surface area contributed by atoms with Crippen molar-refractivity contribution in [3.8, 4) is 0 Å². The Morgan fingerprint density at radius 3 is 1.17 bits per heavy atom. The molecule has 2 aliphatic rings. The number of thioether (sulfide) groups is 2. The zero-order valence-corrected chi connectivity index (χ0v) is 26.4. The normalized spacial score (nSPS) is 18.2. The molecule has 0 spiro atoms. The summed E-state index contributed by atoms with van der Waals surface area (Å²) < 4.78 is 10.8. The third kappa shape index (κ3) is 15.5. The zero-order chi connectivity index (χ0) is 27.5. The SMILES string of the molecule is CC(C)SCC1CCN(C(=O)OC(C)(C)C)CC1.CC(C)SCC1CCN(C(=O)OC(C)(C)C)CC1. The molecule has 0 unspecified atom stereocenters. The number of carbonyl (C=O) groups excluding carboxylic acids is 2. The van der Waals surface area contributed by atoms with E-state index in [9.17, 15) is 9.59 Å². The van der Waals surface area contributed by atoms with Gasteiger partial charge in [0.1, 0.15) is 11.2 Å². The average Bonchev–Trinajstić information content (AvgIpc) is 2.75. The maximum absolute atomic E-state index is 11.9. The van der Waals surface area contributed by atoms with Crippen molar-refractivity contribution in [3.05, 3.63) is 0 Å². The molecule has 2 saturated heterocycles. The molecule has 0 atom stereocenters. The number of hydrogen-bond donors (Lipinski definition) is 0. The van der Waals surface area contributed by atoms with E-state index >= 15 is 0 Å². The van der Waals surface area contributed by atoms with Gasteiger partial charge in [-0.15, -0.1) is 0 Å². The fraction of sp³-hybridized carbons (Fsp3) is 0.929. The Kier molecular flexibility index (Phi) is 14.4. The first-order valence-corrected chi connectivity index (χ1v) is 15.8. The number of nitrogens with zero attached hydrogens (tertiary/aromatic N) is 2. The van der Waals surface area contributed by atoms with Gasteiger partial charge in [0.15, 0.2) is 0 Å². The molecule has 2 heterocycles. The topological polar surface area (TPSA) is 59.1 Å². The van der Waals surface area contributed by atoms with Crippen LogP contribution in [-0.4, -0.2) is 81.4 Å².